The maximum absolute atomic E-state index is 13.1. The minimum Gasteiger partial charge on any atom is -0.508 e. The Morgan fingerprint density at radius 2 is 1.96 bits per heavy atom. The largest absolute Gasteiger partial charge is 0.508 e. The first-order valence-electron chi connectivity index (χ1n) is 9.54. The Hall–Kier alpha value is -2.82. The van der Waals surface area contributed by atoms with Crippen molar-refractivity contribution < 1.29 is 14.7 Å². The second-order valence-corrected chi connectivity index (χ2v) is 7.46. The van der Waals surface area contributed by atoms with Crippen LogP contribution in [0, 0.1) is 0 Å². The fourth-order valence-electron chi connectivity index (χ4n) is 4.67. The van der Waals surface area contributed by atoms with E-state index in [1.165, 1.54) is 0 Å². The predicted octanol–water partition coefficient (Wildman–Crippen LogP) is 3.23. The van der Waals surface area contributed by atoms with E-state index in [4.69, 9.17) is 0 Å². The molecular formula is C22H24N2O3. The minimum absolute atomic E-state index is 0.0158. The molecule has 2 aliphatic rings. The molecule has 2 aromatic carbocycles. The molecule has 2 N–H and O–H groups in total. The fraction of sp³-hybridized carbons (Fsp3) is 0.364. The first kappa shape index (κ1) is 17.6. The molecule has 4 rings (SSSR count). The number of nitrogens with zero attached hydrogens (tertiary/aromatic N) is 1. The van der Waals surface area contributed by atoms with Crippen molar-refractivity contribution in [1.82, 2.24) is 4.90 Å². The summed E-state index contributed by atoms with van der Waals surface area (Å²) in [6.45, 7) is 2.68. The van der Waals surface area contributed by atoms with E-state index < -0.39 is 5.41 Å². The van der Waals surface area contributed by atoms with Crippen molar-refractivity contribution in [1.29, 1.82) is 0 Å². The van der Waals surface area contributed by atoms with Gasteiger partial charge in [0.15, 0.2) is 0 Å². The van der Waals surface area contributed by atoms with Crippen molar-refractivity contribution in [2.45, 2.75) is 44.1 Å². The Kier molecular flexibility index (Phi) is 4.38. The van der Waals surface area contributed by atoms with Gasteiger partial charge in [0, 0.05) is 12.2 Å². The average molecular weight is 364 g/mol. The molecule has 2 atom stereocenters. The van der Waals surface area contributed by atoms with Crippen LogP contribution in [0.5, 0.6) is 5.75 Å². The highest BCUT2D eigenvalue weighted by Crippen LogP contribution is 2.49. The highest BCUT2D eigenvalue weighted by atomic mass is 16.3. The molecule has 1 fully saturated rings. The lowest BCUT2D eigenvalue weighted by atomic mass is 9.73. The van der Waals surface area contributed by atoms with Crippen molar-refractivity contribution in [2.24, 2.45) is 0 Å². The van der Waals surface area contributed by atoms with Gasteiger partial charge in [-0.1, -0.05) is 43.7 Å². The molecule has 2 aromatic rings. The highest BCUT2D eigenvalue weighted by molar-refractivity contribution is 6.07. The molecule has 0 aliphatic carbocycles. The molecule has 2 aliphatic heterocycles. The summed E-state index contributed by atoms with van der Waals surface area (Å²) in [5.74, 6) is 0.240. The van der Waals surface area contributed by atoms with Gasteiger partial charge in [0.1, 0.15) is 5.75 Å². The van der Waals surface area contributed by atoms with Gasteiger partial charge in [0.2, 0.25) is 11.8 Å². The van der Waals surface area contributed by atoms with Gasteiger partial charge in [0.05, 0.1) is 17.9 Å². The molecule has 5 nitrogen and oxygen atoms in total. The van der Waals surface area contributed by atoms with Crippen molar-refractivity contribution in [3.05, 3.63) is 59.7 Å². The predicted molar refractivity (Wildman–Crippen MR) is 104 cm³/mol. The van der Waals surface area contributed by atoms with Crippen molar-refractivity contribution in [3.8, 4) is 5.75 Å². The van der Waals surface area contributed by atoms with Gasteiger partial charge >= 0.3 is 0 Å². The molecule has 2 amide bonds. The zero-order chi connectivity index (χ0) is 19.0. The SMILES string of the molecule is CCC[C@@H]1N(C(=O)Cc2ccc(O)cc2)CC[C@@]12C(=O)Nc1ccccc12. The summed E-state index contributed by atoms with van der Waals surface area (Å²) in [7, 11) is 0. The van der Waals surface area contributed by atoms with Gasteiger partial charge in [-0.05, 0) is 42.2 Å². The number of phenolic OH excluding ortho intramolecular Hbond substituents is 1. The first-order chi connectivity index (χ1) is 13.1. The van der Waals surface area contributed by atoms with Gasteiger partial charge in [-0.3, -0.25) is 9.59 Å². The Morgan fingerprint density at radius 1 is 1.22 bits per heavy atom. The van der Waals surface area contributed by atoms with Crippen LogP contribution >= 0.6 is 0 Å². The first-order valence-corrected chi connectivity index (χ1v) is 9.54. The monoisotopic (exact) mass is 364 g/mol. The maximum atomic E-state index is 13.1. The molecular weight excluding hydrogens is 340 g/mol. The van der Waals surface area contributed by atoms with Gasteiger partial charge in [-0.25, -0.2) is 0 Å². The minimum atomic E-state index is -0.642. The molecule has 0 saturated carbocycles. The maximum Gasteiger partial charge on any atom is 0.237 e. The average Bonchev–Trinajstić information content (AvgIpc) is 3.18. The van der Waals surface area contributed by atoms with E-state index in [9.17, 15) is 14.7 Å². The fourth-order valence-corrected chi connectivity index (χ4v) is 4.67. The van der Waals surface area contributed by atoms with Gasteiger partial charge < -0.3 is 15.3 Å². The van der Waals surface area contributed by atoms with E-state index in [1.807, 2.05) is 29.2 Å². The molecule has 0 unspecified atom stereocenters. The Morgan fingerprint density at radius 3 is 2.70 bits per heavy atom. The number of amides is 2. The number of carbonyl (C=O) groups is 2. The number of rotatable bonds is 4. The summed E-state index contributed by atoms with van der Waals surface area (Å²) in [6, 6.07) is 14.4. The molecule has 140 valence electrons. The van der Waals surface area contributed by atoms with Crippen molar-refractivity contribution >= 4 is 17.5 Å². The molecule has 0 bridgehead atoms. The third-order valence-corrected chi connectivity index (χ3v) is 5.93. The Bertz CT molecular complexity index is 877. The molecule has 1 saturated heterocycles. The second-order valence-electron chi connectivity index (χ2n) is 7.46. The number of nitrogens with one attached hydrogen (secondary N) is 1. The van der Waals surface area contributed by atoms with E-state index >= 15 is 0 Å². The summed E-state index contributed by atoms with van der Waals surface area (Å²) < 4.78 is 0. The normalized spacial score (nSPS) is 23.5. The standard InChI is InChI=1S/C22H24N2O3/c1-2-5-19-22(17-6-3-4-7-18(17)23-21(22)27)12-13-24(19)20(26)14-15-8-10-16(25)11-9-15/h3-4,6-11,19,25H,2,5,12-14H2,1H3,(H,23,27)/t19-,22-/m0/s1. The van der Waals surface area contributed by atoms with Crippen LogP contribution in [0.4, 0.5) is 5.69 Å². The topological polar surface area (TPSA) is 69.6 Å². The quantitative estimate of drug-likeness (QED) is 0.875. The number of hydrogen-bond acceptors (Lipinski definition) is 3. The Labute approximate surface area is 159 Å². The lowest BCUT2D eigenvalue weighted by molar-refractivity contribution is -0.132. The lowest BCUT2D eigenvalue weighted by Gasteiger charge is -2.34. The van der Waals surface area contributed by atoms with Crippen LogP contribution in [0.25, 0.3) is 0 Å². The highest BCUT2D eigenvalue weighted by Gasteiger charge is 2.58. The number of fused-ring (bicyclic) bond motifs is 2. The van der Waals surface area contributed by atoms with E-state index in [0.29, 0.717) is 13.0 Å². The molecule has 2 heterocycles. The molecule has 0 radical (unpaired) electrons. The van der Waals surface area contributed by atoms with Crippen LogP contribution in [-0.4, -0.2) is 34.4 Å². The third kappa shape index (κ3) is 2.78. The van der Waals surface area contributed by atoms with Crippen LogP contribution in [0.15, 0.2) is 48.5 Å². The third-order valence-electron chi connectivity index (χ3n) is 5.93. The zero-order valence-corrected chi connectivity index (χ0v) is 15.4. The van der Waals surface area contributed by atoms with E-state index in [0.717, 1.165) is 29.7 Å². The summed E-state index contributed by atoms with van der Waals surface area (Å²) in [5, 5.41) is 12.5. The number of benzene rings is 2. The molecule has 27 heavy (non-hydrogen) atoms. The number of likely N-dealkylation sites (tertiary alicyclic amines) is 1. The summed E-state index contributed by atoms with van der Waals surface area (Å²) >= 11 is 0. The molecule has 1 spiro atoms. The number of hydrogen-bond donors (Lipinski definition) is 2. The van der Waals surface area contributed by atoms with Crippen molar-refractivity contribution in [3.63, 3.8) is 0 Å². The van der Waals surface area contributed by atoms with E-state index in [2.05, 4.69) is 12.2 Å². The van der Waals surface area contributed by atoms with Gasteiger partial charge in [-0.2, -0.15) is 0 Å². The smallest absolute Gasteiger partial charge is 0.237 e. The number of para-hydroxylation sites is 1. The number of phenols is 1. The number of carbonyl (C=O) groups excluding carboxylic acids is 2. The van der Waals surface area contributed by atoms with Crippen LogP contribution in [-0.2, 0) is 21.4 Å². The number of anilines is 1. The van der Waals surface area contributed by atoms with Gasteiger partial charge in [-0.15, -0.1) is 0 Å². The van der Waals surface area contributed by atoms with Crippen LogP contribution in [0.2, 0.25) is 0 Å². The lowest BCUT2D eigenvalue weighted by Crippen LogP contribution is -2.49. The summed E-state index contributed by atoms with van der Waals surface area (Å²) in [4.78, 5) is 28.0. The Balaban J connectivity index is 1.65. The summed E-state index contributed by atoms with van der Waals surface area (Å²) in [5.41, 5.74) is 2.12. The zero-order valence-electron chi connectivity index (χ0n) is 15.4. The molecule has 0 aromatic heterocycles. The van der Waals surface area contributed by atoms with Crippen molar-refractivity contribution in [2.75, 3.05) is 11.9 Å². The van der Waals surface area contributed by atoms with E-state index in [1.54, 1.807) is 24.3 Å². The van der Waals surface area contributed by atoms with Crippen LogP contribution < -0.4 is 5.32 Å². The second kappa shape index (κ2) is 6.72. The van der Waals surface area contributed by atoms with E-state index in [-0.39, 0.29) is 30.0 Å². The summed E-state index contributed by atoms with van der Waals surface area (Å²) in [6.07, 6.45) is 2.63. The van der Waals surface area contributed by atoms with Gasteiger partial charge in [0.25, 0.3) is 0 Å². The van der Waals surface area contributed by atoms with Crippen LogP contribution in [0.1, 0.15) is 37.3 Å². The number of aromatic hydroxyl groups is 1. The van der Waals surface area contributed by atoms with Crippen LogP contribution in [0.3, 0.4) is 0 Å². The molecule has 5 heteroatoms.